The van der Waals surface area contributed by atoms with Crippen molar-refractivity contribution >= 4 is 21.5 Å². The number of benzene rings is 1. The van der Waals surface area contributed by atoms with Crippen molar-refractivity contribution in [3.8, 4) is 0 Å². The van der Waals surface area contributed by atoms with E-state index in [1.165, 1.54) is 0 Å². The van der Waals surface area contributed by atoms with Gasteiger partial charge in [0.1, 0.15) is 9.84 Å². The minimum absolute atomic E-state index is 0.0278. The van der Waals surface area contributed by atoms with E-state index in [9.17, 15) is 13.2 Å². The molecule has 0 aliphatic heterocycles. The Kier molecular flexibility index (Phi) is 4.11. The molecule has 94 valence electrons. The summed E-state index contributed by atoms with van der Waals surface area (Å²) in [7, 11) is -3.05. The highest BCUT2D eigenvalue weighted by Gasteiger charge is 2.10. The van der Waals surface area contributed by atoms with Crippen LogP contribution in [0.1, 0.15) is 15.9 Å². The maximum Gasteiger partial charge on any atom is 0.337 e. The van der Waals surface area contributed by atoms with Crippen LogP contribution in [0.2, 0.25) is 0 Å². The van der Waals surface area contributed by atoms with Crippen molar-refractivity contribution in [1.82, 2.24) is 0 Å². The Bertz CT molecular complexity index is 522. The van der Waals surface area contributed by atoms with E-state index in [0.717, 1.165) is 11.8 Å². The lowest BCUT2D eigenvalue weighted by Gasteiger charge is -2.09. The van der Waals surface area contributed by atoms with Crippen LogP contribution in [-0.4, -0.2) is 38.0 Å². The maximum absolute atomic E-state index is 11.0. The first-order valence-electron chi connectivity index (χ1n) is 5.05. The summed E-state index contributed by atoms with van der Waals surface area (Å²) in [6.45, 7) is 1.99. The number of rotatable bonds is 5. The van der Waals surface area contributed by atoms with Gasteiger partial charge in [0.05, 0.1) is 11.3 Å². The standard InChI is InChI=1S/C11H15NO4S/c1-8-3-4-10(9(7-8)11(13)14)12-5-6-17(2,15)16/h3-4,7,12H,5-6H2,1-2H3,(H,13,14). The van der Waals surface area contributed by atoms with E-state index in [0.29, 0.717) is 5.69 Å². The van der Waals surface area contributed by atoms with Crippen LogP contribution in [0.25, 0.3) is 0 Å². The van der Waals surface area contributed by atoms with Gasteiger partial charge in [-0.1, -0.05) is 11.6 Å². The van der Waals surface area contributed by atoms with Crippen molar-refractivity contribution < 1.29 is 18.3 Å². The van der Waals surface area contributed by atoms with Crippen molar-refractivity contribution in [2.45, 2.75) is 6.92 Å². The molecule has 0 spiro atoms. The molecule has 1 aromatic rings. The Balaban J connectivity index is 2.81. The molecule has 0 aliphatic carbocycles. The molecule has 0 aliphatic rings. The number of hydrogen-bond acceptors (Lipinski definition) is 4. The molecule has 0 saturated carbocycles. The predicted octanol–water partition coefficient (Wildman–Crippen LogP) is 1.15. The first kappa shape index (κ1) is 13.5. The lowest BCUT2D eigenvalue weighted by atomic mass is 10.1. The van der Waals surface area contributed by atoms with Crippen LogP contribution in [0.3, 0.4) is 0 Å². The van der Waals surface area contributed by atoms with Gasteiger partial charge in [-0.15, -0.1) is 0 Å². The molecule has 0 unspecified atom stereocenters. The zero-order chi connectivity index (χ0) is 13.1. The molecule has 5 nitrogen and oxygen atoms in total. The molecule has 0 saturated heterocycles. The van der Waals surface area contributed by atoms with Gasteiger partial charge in [0.15, 0.2) is 0 Å². The molecule has 1 rings (SSSR count). The number of carboxylic acid groups (broad SMARTS) is 1. The van der Waals surface area contributed by atoms with E-state index in [1.807, 2.05) is 0 Å². The fourth-order valence-corrected chi connectivity index (χ4v) is 1.83. The second-order valence-electron chi connectivity index (χ2n) is 3.91. The van der Waals surface area contributed by atoms with Gasteiger partial charge in [-0.25, -0.2) is 13.2 Å². The van der Waals surface area contributed by atoms with Gasteiger partial charge in [0.2, 0.25) is 0 Å². The van der Waals surface area contributed by atoms with Crippen LogP contribution in [0.4, 0.5) is 5.69 Å². The fraction of sp³-hybridized carbons (Fsp3) is 0.364. The molecule has 0 radical (unpaired) electrons. The smallest absolute Gasteiger partial charge is 0.337 e. The highest BCUT2D eigenvalue weighted by atomic mass is 32.2. The summed E-state index contributed by atoms with van der Waals surface area (Å²) in [5.41, 5.74) is 1.43. The van der Waals surface area contributed by atoms with Crippen LogP contribution in [0, 0.1) is 6.92 Å². The highest BCUT2D eigenvalue weighted by molar-refractivity contribution is 7.90. The average molecular weight is 257 g/mol. The number of aromatic carboxylic acids is 1. The van der Waals surface area contributed by atoms with E-state index < -0.39 is 15.8 Å². The number of anilines is 1. The van der Waals surface area contributed by atoms with Gasteiger partial charge < -0.3 is 10.4 Å². The van der Waals surface area contributed by atoms with Gasteiger partial charge in [-0.2, -0.15) is 0 Å². The first-order valence-corrected chi connectivity index (χ1v) is 7.11. The second-order valence-corrected chi connectivity index (χ2v) is 6.17. The zero-order valence-electron chi connectivity index (χ0n) is 9.73. The number of sulfone groups is 1. The highest BCUT2D eigenvalue weighted by Crippen LogP contribution is 2.17. The molecule has 2 N–H and O–H groups in total. The molecule has 0 atom stereocenters. The Hall–Kier alpha value is -1.56. The van der Waals surface area contributed by atoms with Gasteiger partial charge in [-0.05, 0) is 19.1 Å². The molecular weight excluding hydrogens is 242 g/mol. The molecule has 0 amide bonds. The van der Waals surface area contributed by atoms with Crippen molar-refractivity contribution in [1.29, 1.82) is 0 Å². The summed E-state index contributed by atoms with van der Waals surface area (Å²) in [6.07, 6.45) is 1.14. The van der Waals surface area contributed by atoms with Crippen molar-refractivity contribution in [3.05, 3.63) is 29.3 Å². The van der Waals surface area contributed by atoms with Crippen LogP contribution < -0.4 is 5.32 Å². The van der Waals surface area contributed by atoms with E-state index in [4.69, 9.17) is 5.11 Å². The predicted molar refractivity (Wildman–Crippen MR) is 66.3 cm³/mol. The summed E-state index contributed by atoms with van der Waals surface area (Å²) in [6, 6.07) is 4.96. The van der Waals surface area contributed by atoms with E-state index in [1.54, 1.807) is 25.1 Å². The molecule has 0 bridgehead atoms. The molecule has 17 heavy (non-hydrogen) atoms. The zero-order valence-corrected chi connectivity index (χ0v) is 10.5. The third-order valence-corrected chi connectivity index (χ3v) is 3.14. The molecule has 0 aromatic heterocycles. The number of hydrogen-bond donors (Lipinski definition) is 2. The summed E-state index contributed by atoms with van der Waals surface area (Å²) in [5, 5.41) is 11.8. The van der Waals surface area contributed by atoms with E-state index in [2.05, 4.69) is 5.32 Å². The van der Waals surface area contributed by atoms with Crippen LogP contribution >= 0.6 is 0 Å². The Morgan fingerprint density at radius 2 is 2.06 bits per heavy atom. The van der Waals surface area contributed by atoms with Crippen molar-refractivity contribution in [2.24, 2.45) is 0 Å². The quantitative estimate of drug-likeness (QED) is 0.826. The van der Waals surface area contributed by atoms with Gasteiger partial charge >= 0.3 is 5.97 Å². The Morgan fingerprint density at radius 3 is 2.59 bits per heavy atom. The molecule has 6 heteroatoms. The van der Waals surface area contributed by atoms with Crippen LogP contribution in [-0.2, 0) is 9.84 Å². The maximum atomic E-state index is 11.0. The van der Waals surface area contributed by atoms with Crippen molar-refractivity contribution in [2.75, 3.05) is 23.9 Å². The third-order valence-electron chi connectivity index (χ3n) is 2.19. The largest absolute Gasteiger partial charge is 0.478 e. The minimum Gasteiger partial charge on any atom is -0.478 e. The summed E-state index contributed by atoms with van der Waals surface area (Å²) >= 11 is 0. The number of carboxylic acids is 1. The summed E-state index contributed by atoms with van der Waals surface area (Å²) in [5.74, 6) is -1.06. The fourth-order valence-electron chi connectivity index (χ4n) is 1.36. The van der Waals surface area contributed by atoms with Crippen LogP contribution in [0.15, 0.2) is 18.2 Å². The van der Waals surface area contributed by atoms with Crippen molar-refractivity contribution in [3.63, 3.8) is 0 Å². The van der Waals surface area contributed by atoms with E-state index in [-0.39, 0.29) is 17.9 Å². The summed E-state index contributed by atoms with van der Waals surface area (Å²) < 4.78 is 21.9. The minimum atomic E-state index is -3.05. The lowest BCUT2D eigenvalue weighted by Crippen LogP contribution is -2.15. The Morgan fingerprint density at radius 1 is 1.41 bits per heavy atom. The monoisotopic (exact) mass is 257 g/mol. The Labute approximate surface area is 100 Å². The van der Waals surface area contributed by atoms with Gasteiger partial charge in [0, 0.05) is 18.5 Å². The molecule has 0 fully saturated rings. The number of aryl methyl sites for hydroxylation is 1. The van der Waals surface area contributed by atoms with Gasteiger partial charge in [0.25, 0.3) is 0 Å². The average Bonchev–Trinajstić information content (AvgIpc) is 2.18. The SMILES string of the molecule is Cc1ccc(NCCS(C)(=O)=O)c(C(=O)O)c1. The first-order chi connectivity index (χ1) is 7.79. The molecule has 1 aromatic carbocycles. The van der Waals surface area contributed by atoms with E-state index >= 15 is 0 Å². The second kappa shape index (κ2) is 5.18. The van der Waals surface area contributed by atoms with Gasteiger partial charge in [-0.3, -0.25) is 0 Å². The summed E-state index contributed by atoms with van der Waals surface area (Å²) in [4.78, 5) is 11.0. The normalized spacial score (nSPS) is 11.2. The number of nitrogens with one attached hydrogen (secondary N) is 1. The third kappa shape index (κ3) is 4.44. The molecular formula is C11H15NO4S. The van der Waals surface area contributed by atoms with Crippen LogP contribution in [0.5, 0.6) is 0 Å². The topological polar surface area (TPSA) is 83.5 Å². The molecule has 0 heterocycles. The number of carbonyl (C=O) groups is 1. The lowest BCUT2D eigenvalue weighted by molar-refractivity contribution is 0.0698.